The van der Waals surface area contributed by atoms with Gasteiger partial charge in [-0.15, -0.1) is 11.3 Å². The Bertz CT molecular complexity index is 363. The molecule has 68 valence electrons. The van der Waals surface area contributed by atoms with E-state index in [0.717, 1.165) is 0 Å². The van der Waals surface area contributed by atoms with Crippen LogP contribution in [0.1, 0.15) is 5.56 Å². The van der Waals surface area contributed by atoms with E-state index in [1.165, 1.54) is 16.0 Å². The monoisotopic (exact) mass is 208 g/mol. The largest absolute Gasteiger partial charge is 0.197 e. The Balaban J connectivity index is 0.000000845. The Morgan fingerprint density at radius 3 is 2.38 bits per heavy atom. The predicted octanol–water partition coefficient (Wildman–Crippen LogP) is 3.84. The molecular formula is C11H12S2. The SMILES string of the molecule is Cc1ccccc1-c1cccs1.S. The highest BCUT2D eigenvalue weighted by Crippen LogP contribution is 2.26. The van der Waals surface area contributed by atoms with E-state index in [2.05, 4.69) is 48.7 Å². The smallest absolute Gasteiger partial charge is 0.0345 e. The number of hydrogen-bond donors (Lipinski definition) is 0. The molecule has 1 aromatic carbocycles. The molecule has 0 aliphatic heterocycles. The van der Waals surface area contributed by atoms with Crippen molar-refractivity contribution in [2.24, 2.45) is 0 Å². The first kappa shape index (κ1) is 10.4. The first-order valence-electron chi connectivity index (χ1n) is 3.97. The summed E-state index contributed by atoms with van der Waals surface area (Å²) in [5.41, 5.74) is 2.70. The molecule has 0 N–H and O–H groups in total. The maximum Gasteiger partial charge on any atom is 0.0345 e. The average Bonchev–Trinajstić information content (AvgIpc) is 2.57. The van der Waals surface area contributed by atoms with Gasteiger partial charge in [-0.3, -0.25) is 0 Å². The zero-order chi connectivity index (χ0) is 8.39. The Kier molecular flexibility index (Phi) is 3.58. The molecule has 2 aromatic rings. The van der Waals surface area contributed by atoms with Crippen LogP contribution >= 0.6 is 24.8 Å². The van der Waals surface area contributed by atoms with E-state index in [1.807, 2.05) is 0 Å². The number of rotatable bonds is 1. The third-order valence-electron chi connectivity index (χ3n) is 1.93. The number of benzene rings is 1. The summed E-state index contributed by atoms with van der Waals surface area (Å²) in [5, 5.41) is 2.11. The zero-order valence-electron chi connectivity index (χ0n) is 7.45. The van der Waals surface area contributed by atoms with E-state index < -0.39 is 0 Å². The minimum atomic E-state index is 0. The van der Waals surface area contributed by atoms with Crippen molar-refractivity contribution in [2.45, 2.75) is 6.92 Å². The number of hydrogen-bond acceptors (Lipinski definition) is 1. The molecule has 0 nitrogen and oxygen atoms in total. The molecule has 0 fully saturated rings. The lowest BCUT2D eigenvalue weighted by atomic mass is 10.1. The summed E-state index contributed by atoms with van der Waals surface area (Å²) < 4.78 is 0. The molecule has 1 aromatic heterocycles. The summed E-state index contributed by atoms with van der Waals surface area (Å²) in [6, 6.07) is 12.7. The normalized spacial score (nSPS) is 9.31. The van der Waals surface area contributed by atoms with Gasteiger partial charge in [-0.2, -0.15) is 13.5 Å². The van der Waals surface area contributed by atoms with Crippen LogP contribution in [0.25, 0.3) is 10.4 Å². The van der Waals surface area contributed by atoms with Crippen LogP contribution in [0.15, 0.2) is 41.8 Å². The number of aryl methyl sites for hydroxylation is 1. The highest BCUT2D eigenvalue weighted by Gasteiger charge is 1.99. The molecule has 0 atom stereocenters. The van der Waals surface area contributed by atoms with E-state index in [0.29, 0.717) is 0 Å². The van der Waals surface area contributed by atoms with Crippen molar-refractivity contribution in [3.05, 3.63) is 47.3 Å². The first-order valence-corrected chi connectivity index (χ1v) is 4.85. The van der Waals surface area contributed by atoms with Crippen LogP contribution in [0, 0.1) is 6.92 Å². The second-order valence-corrected chi connectivity index (χ2v) is 3.74. The van der Waals surface area contributed by atoms with Gasteiger partial charge in [0.05, 0.1) is 0 Å². The van der Waals surface area contributed by atoms with Gasteiger partial charge in [0, 0.05) is 4.88 Å². The molecule has 0 saturated carbocycles. The van der Waals surface area contributed by atoms with Crippen molar-refractivity contribution in [3.63, 3.8) is 0 Å². The van der Waals surface area contributed by atoms with Crippen LogP contribution in [-0.4, -0.2) is 0 Å². The second kappa shape index (κ2) is 4.49. The lowest BCUT2D eigenvalue weighted by Gasteiger charge is -2.00. The van der Waals surface area contributed by atoms with Crippen LogP contribution in [0.2, 0.25) is 0 Å². The second-order valence-electron chi connectivity index (χ2n) is 2.79. The van der Waals surface area contributed by atoms with Crippen LogP contribution in [0.3, 0.4) is 0 Å². The van der Waals surface area contributed by atoms with E-state index in [-0.39, 0.29) is 13.5 Å². The molecule has 0 unspecified atom stereocenters. The maximum atomic E-state index is 2.17. The van der Waals surface area contributed by atoms with Gasteiger partial charge in [0.1, 0.15) is 0 Å². The van der Waals surface area contributed by atoms with Crippen molar-refractivity contribution in [3.8, 4) is 10.4 Å². The summed E-state index contributed by atoms with van der Waals surface area (Å²) in [5.74, 6) is 0. The van der Waals surface area contributed by atoms with E-state index in [9.17, 15) is 0 Å². The fourth-order valence-corrected chi connectivity index (χ4v) is 2.10. The van der Waals surface area contributed by atoms with E-state index in [1.54, 1.807) is 11.3 Å². The molecule has 0 bridgehead atoms. The third kappa shape index (κ3) is 2.14. The maximum absolute atomic E-state index is 2.17. The third-order valence-corrected chi connectivity index (χ3v) is 2.83. The number of thiophene rings is 1. The minimum Gasteiger partial charge on any atom is -0.197 e. The highest BCUT2D eigenvalue weighted by atomic mass is 32.1. The van der Waals surface area contributed by atoms with Crippen molar-refractivity contribution in [1.29, 1.82) is 0 Å². The fraction of sp³-hybridized carbons (Fsp3) is 0.0909. The topological polar surface area (TPSA) is 0 Å². The average molecular weight is 208 g/mol. The molecule has 1 heterocycles. The molecule has 13 heavy (non-hydrogen) atoms. The summed E-state index contributed by atoms with van der Waals surface area (Å²) in [7, 11) is 0. The molecule has 2 rings (SSSR count). The van der Waals surface area contributed by atoms with E-state index in [4.69, 9.17) is 0 Å². The van der Waals surface area contributed by atoms with Crippen LogP contribution < -0.4 is 0 Å². The van der Waals surface area contributed by atoms with Crippen LogP contribution in [0.5, 0.6) is 0 Å². The van der Waals surface area contributed by atoms with Crippen molar-refractivity contribution in [1.82, 2.24) is 0 Å². The summed E-state index contributed by atoms with van der Waals surface area (Å²) in [6.07, 6.45) is 0. The molecule has 0 amide bonds. The van der Waals surface area contributed by atoms with Gasteiger partial charge in [-0.1, -0.05) is 30.3 Å². The van der Waals surface area contributed by atoms with Gasteiger partial charge >= 0.3 is 0 Å². The highest BCUT2D eigenvalue weighted by molar-refractivity contribution is 7.59. The Labute approximate surface area is 89.7 Å². The van der Waals surface area contributed by atoms with Gasteiger partial charge in [-0.25, -0.2) is 0 Å². The zero-order valence-corrected chi connectivity index (χ0v) is 9.27. The lowest BCUT2D eigenvalue weighted by Crippen LogP contribution is -1.76. The molecule has 2 heteroatoms. The standard InChI is InChI=1S/C11H10S.H2S/c1-9-5-2-3-6-10(9)11-7-4-8-12-11;/h2-8H,1H3;1H2. The molecule has 0 aliphatic carbocycles. The van der Waals surface area contributed by atoms with Gasteiger partial charge in [-0.05, 0) is 29.5 Å². The Morgan fingerprint density at radius 2 is 1.77 bits per heavy atom. The van der Waals surface area contributed by atoms with Gasteiger partial charge in [0.2, 0.25) is 0 Å². The van der Waals surface area contributed by atoms with Crippen molar-refractivity contribution in [2.75, 3.05) is 0 Å². The van der Waals surface area contributed by atoms with Gasteiger partial charge < -0.3 is 0 Å². The Hall–Kier alpha value is -0.730. The van der Waals surface area contributed by atoms with Crippen molar-refractivity contribution < 1.29 is 0 Å². The molecule has 0 saturated heterocycles. The summed E-state index contributed by atoms with van der Waals surface area (Å²) in [6.45, 7) is 2.15. The predicted molar refractivity (Wildman–Crippen MR) is 64.9 cm³/mol. The minimum absolute atomic E-state index is 0. The van der Waals surface area contributed by atoms with Crippen LogP contribution in [-0.2, 0) is 0 Å². The summed E-state index contributed by atoms with van der Waals surface area (Å²) in [4.78, 5) is 1.35. The fourth-order valence-electron chi connectivity index (χ4n) is 1.28. The van der Waals surface area contributed by atoms with Crippen molar-refractivity contribution >= 4 is 24.8 Å². The van der Waals surface area contributed by atoms with E-state index >= 15 is 0 Å². The molecule has 0 spiro atoms. The molecule has 0 aliphatic rings. The molecule has 0 radical (unpaired) electrons. The lowest BCUT2D eigenvalue weighted by molar-refractivity contribution is 1.48. The van der Waals surface area contributed by atoms with Gasteiger partial charge in [0.25, 0.3) is 0 Å². The quantitative estimate of drug-likeness (QED) is 0.668. The van der Waals surface area contributed by atoms with Crippen LogP contribution in [0.4, 0.5) is 0 Å². The molecular weight excluding hydrogens is 196 g/mol. The summed E-state index contributed by atoms with van der Waals surface area (Å²) >= 11 is 1.79. The first-order chi connectivity index (χ1) is 5.88. The van der Waals surface area contributed by atoms with Gasteiger partial charge in [0.15, 0.2) is 0 Å². The Morgan fingerprint density at radius 1 is 1.00 bits per heavy atom.